The van der Waals surface area contributed by atoms with Gasteiger partial charge in [0.25, 0.3) is 5.91 Å². The maximum atomic E-state index is 12.0. The number of benzene rings is 1. The number of nitrogens with one attached hydrogen (secondary N) is 1. The van der Waals surface area contributed by atoms with Gasteiger partial charge in [-0.05, 0) is 40.1 Å². The van der Waals surface area contributed by atoms with E-state index in [1.807, 2.05) is 52.2 Å². The standard InChI is InChI=1S/C19H24N4O/c1-5-21-19(24)15(13-20)12-17-14(2)23(11-10-22(3)4)18-9-7-6-8-16(17)18/h6-9,12H,5,10-11H2,1-4H3,(H,21,24)/b15-12+. The highest BCUT2D eigenvalue weighted by Gasteiger charge is 2.15. The monoisotopic (exact) mass is 324 g/mol. The summed E-state index contributed by atoms with van der Waals surface area (Å²) >= 11 is 0. The zero-order valence-electron chi connectivity index (χ0n) is 14.8. The summed E-state index contributed by atoms with van der Waals surface area (Å²) in [6, 6.07) is 10.1. The van der Waals surface area contributed by atoms with Crippen molar-refractivity contribution in [2.75, 3.05) is 27.2 Å². The van der Waals surface area contributed by atoms with E-state index in [9.17, 15) is 10.1 Å². The van der Waals surface area contributed by atoms with Gasteiger partial charge in [-0.2, -0.15) is 5.26 Å². The number of likely N-dealkylation sites (N-methyl/N-ethyl adjacent to an activating group) is 2. The van der Waals surface area contributed by atoms with Crippen molar-refractivity contribution in [1.29, 1.82) is 5.26 Å². The van der Waals surface area contributed by atoms with Crippen molar-refractivity contribution in [3.63, 3.8) is 0 Å². The van der Waals surface area contributed by atoms with Gasteiger partial charge in [-0.1, -0.05) is 18.2 Å². The van der Waals surface area contributed by atoms with Gasteiger partial charge in [-0.3, -0.25) is 4.79 Å². The third-order valence-corrected chi connectivity index (χ3v) is 4.04. The molecule has 0 atom stereocenters. The fourth-order valence-electron chi connectivity index (χ4n) is 2.78. The first kappa shape index (κ1) is 17.8. The molecule has 0 saturated heterocycles. The Morgan fingerprint density at radius 1 is 1.38 bits per heavy atom. The van der Waals surface area contributed by atoms with Crippen LogP contribution in [0.25, 0.3) is 17.0 Å². The summed E-state index contributed by atoms with van der Waals surface area (Å²) in [7, 11) is 4.09. The Morgan fingerprint density at radius 2 is 2.08 bits per heavy atom. The van der Waals surface area contributed by atoms with Crippen LogP contribution in [0.3, 0.4) is 0 Å². The molecule has 0 aliphatic carbocycles. The van der Waals surface area contributed by atoms with E-state index in [0.717, 1.165) is 35.2 Å². The van der Waals surface area contributed by atoms with Crippen LogP contribution >= 0.6 is 0 Å². The van der Waals surface area contributed by atoms with E-state index < -0.39 is 0 Å². The summed E-state index contributed by atoms with van der Waals surface area (Å²) in [5, 5.41) is 13.1. The van der Waals surface area contributed by atoms with Crippen LogP contribution in [-0.4, -0.2) is 42.6 Å². The molecule has 0 fully saturated rings. The lowest BCUT2D eigenvalue weighted by molar-refractivity contribution is -0.116. The first-order valence-corrected chi connectivity index (χ1v) is 8.12. The molecule has 2 rings (SSSR count). The first-order valence-electron chi connectivity index (χ1n) is 8.12. The van der Waals surface area contributed by atoms with Crippen molar-refractivity contribution < 1.29 is 4.79 Å². The SMILES string of the molecule is CCNC(=O)/C(C#N)=C/c1c(C)n(CCN(C)C)c2ccccc12. The highest BCUT2D eigenvalue weighted by molar-refractivity contribution is 6.04. The molecule has 1 heterocycles. The number of hydrogen-bond acceptors (Lipinski definition) is 3. The van der Waals surface area contributed by atoms with Crippen LogP contribution < -0.4 is 5.32 Å². The van der Waals surface area contributed by atoms with Gasteiger partial charge < -0.3 is 14.8 Å². The average molecular weight is 324 g/mol. The number of aromatic nitrogens is 1. The molecule has 24 heavy (non-hydrogen) atoms. The number of amides is 1. The minimum Gasteiger partial charge on any atom is -0.352 e. The summed E-state index contributed by atoms with van der Waals surface area (Å²) in [5.41, 5.74) is 3.26. The molecule has 0 aliphatic heterocycles. The number of carbonyl (C=O) groups excluding carboxylic acids is 1. The van der Waals surface area contributed by atoms with E-state index in [1.165, 1.54) is 0 Å². The summed E-state index contributed by atoms with van der Waals surface area (Å²) in [6.45, 7) is 6.15. The molecule has 0 unspecified atom stereocenters. The summed E-state index contributed by atoms with van der Waals surface area (Å²) in [6.07, 6.45) is 1.70. The average Bonchev–Trinajstić information content (AvgIpc) is 2.82. The number of rotatable bonds is 6. The molecule has 5 nitrogen and oxygen atoms in total. The van der Waals surface area contributed by atoms with Crippen LogP contribution in [0, 0.1) is 18.3 Å². The van der Waals surface area contributed by atoms with Crippen LogP contribution in [0.2, 0.25) is 0 Å². The smallest absolute Gasteiger partial charge is 0.261 e. The normalized spacial score (nSPS) is 11.8. The summed E-state index contributed by atoms with van der Waals surface area (Å²) in [4.78, 5) is 14.2. The molecule has 1 N–H and O–H groups in total. The van der Waals surface area contributed by atoms with Gasteiger partial charge in [0.05, 0.1) is 0 Å². The van der Waals surface area contributed by atoms with Gasteiger partial charge in [0, 0.05) is 41.8 Å². The van der Waals surface area contributed by atoms with Crippen LogP contribution in [0.5, 0.6) is 0 Å². The second-order valence-electron chi connectivity index (χ2n) is 6.00. The van der Waals surface area contributed by atoms with Crippen LogP contribution in [0.1, 0.15) is 18.2 Å². The van der Waals surface area contributed by atoms with E-state index >= 15 is 0 Å². The predicted molar refractivity (Wildman–Crippen MR) is 97.5 cm³/mol. The van der Waals surface area contributed by atoms with Gasteiger partial charge in [-0.25, -0.2) is 0 Å². The number of para-hydroxylation sites is 1. The number of nitrogens with zero attached hydrogens (tertiary/aromatic N) is 3. The molecule has 1 aromatic carbocycles. The fraction of sp³-hybridized carbons (Fsp3) is 0.368. The maximum absolute atomic E-state index is 12.0. The van der Waals surface area contributed by atoms with Crippen molar-refractivity contribution in [2.45, 2.75) is 20.4 Å². The molecule has 5 heteroatoms. The largest absolute Gasteiger partial charge is 0.352 e. The lowest BCUT2D eigenvalue weighted by Crippen LogP contribution is -2.23. The third kappa shape index (κ3) is 3.66. The van der Waals surface area contributed by atoms with E-state index in [2.05, 4.69) is 20.9 Å². The number of hydrogen-bond donors (Lipinski definition) is 1. The van der Waals surface area contributed by atoms with E-state index in [0.29, 0.717) is 6.54 Å². The zero-order chi connectivity index (χ0) is 17.7. The molecule has 2 aromatic rings. The minimum absolute atomic E-state index is 0.135. The fourth-order valence-corrected chi connectivity index (χ4v) is 2.78. The van der Waals surface area contributed by atoms with E-state index in [4.69, 9.17) is 0 Å². The van der Waals surface area contributed by atoms with Gasteiger partial charge in [-0.15, -0.1) is 0 Å². The van der Waals surface area contributed by atoms with Crippen LogP contribution in [-0.2, 0) is 11.3 Å². The summed E-state index contributed by atoms with van der Waals surface area (Å²) < 4.78 is 2.24. The molecule has 1 aromatic heterocycles. The molecular weight excluding hydrogens is 300 g/mol. The number of carbonyl (C=O) groups is 1. The topological polar surface area (TPSA) is 61.1 Å². The Bertz CT molecular complexity index is 809. The number of nitriles is 1. The molecule has 0 radical (unpaired) electrons. The molecule has 0 saturated carbocycles. The second kappa shape index (κ2) is 7.80. The van der Waals surface area contributed by atoms with E-state index in [-0.39, 0.29) is 11.5 Å². The van der Waals surface area contributed by atoms with Crippen molar-refractivity contribution in [3.05, 3.63) is 41.1 Å². The van der Waals surface area contributed by atoms with Crippen LogP contribution in [0.4, 0.5) is 0 Å². The minimum atomic E-state index is -0.329. The molecule has 1 amide bonds. The van der Waals surface area contributed by atoms with Crippen molar-refractivity contribution in [2.24, 2.45) is 0 Å². The highest BCUT2D eigenvalue weighted by atomic mass is 16.1. The van der Waals surface area contributed by atoms with E-state index in [1.54, 1.807) is 6.08 Å². The maximum Gasteiger partial charge on any atom is 0.261 e. The summed E-state index contributed by atoms with van der Waals surface area (Å²) in [5.74, 6) is -0.329. The Balaban J connectivity index is 2.56. The molecular formula is C19H24N4O. The predicted octanol–water partition coefficient (Wildman–Crippen LogP) is 2.55. The number of fused-ring (bicyclic) bond motifs is 1. The third-order valence-electron chi connectivity index (χ3n) is 4.04. The Kier molecular flexibility index (Phi) is 5.78. The van der Waals surface area contributed by atoms with Gasteiger partial charge in [0.1, 0.15) is 11.6 Å². The highest BCUT2D eigenvalue weighted by Crippen LogP contribution is 2.28. The molecule has 126 valence electrons. The lowest BCUT2D eigenvalue weighted by atomic mass is 10.1. The second-order valence-corrected chi connectivity index (χ2v) is 6.00. The molecule has 0 bridgehead atoms. The Labute approximate surface area is 143 Å². The Hall–Kier alpha value is -2.58. The lowest BCUT2D eigenvalue weighted by Gasteiger charge is -2.13. The van der Waals surface area contributed by atoms with Crippen molar-refractivity contribution >= 4 is 22.9 Å². The quantitative estimate of drug-likeness (QED) is 0.656. The van der Waals surface area contributed by atoms with Crippen molar-refractivity contribution in [3.8, 4) is 6.07 Å². The van der Waals surface area contributed by atoms with Gasteiger partial charge in [0.15, 0.2) is 0 Å². The van der Waals surface area contributed by atoms with Crippen LogP contribution in [0.15, 0.2) is 29.8 Å². The molecule has 0 aliphatic rings. The van der Waals surface area contributed by atoms with Gasteiger partial charge in [0.2, 0.25) is 0 Å². The zero-order valence-corrected chi connectivity index (χ0v) is 14.8. The first-order chi connectivity index (χ1) is 11.5. The Morgan fingerprint density at radius 3 is 2.71 bits per heavy atom. The molecule has 0 spiro atoms. The van der Waals surface area contributed by atoms with Gasteiger partial charge >= 0.3 is 0 Å². The van der Waals surface area contributed by atoms with Crippen molar-refractivity contribution in [1.82, 2.24) is 14.8 Å².